The van der Waals surface area contributed by atoms with Crippen LogP contribution in [0, 0.1) is 0 Å². The maximum Gasteiger partial charge on any atom is 0.224 e. The first-order valence-electron chi connectivity index (χ1n) is 6.68. The molecule has 1 fully saturated rings. The van der Waals surface area contributed by atoms with Crippen molar-refractivity contribution in [1.29, 1.82) is 0 Å². The first-order chi connectivity index (χ1) is 9.74. The van der Waals surface area contributed by atoms with Gasteiger partial charge in [-0.1, -0.05) is 30.3 Å². The van der Waals surface area contributed by atoms with Crippen LogP contribution in [0.1, 0.15) is 6.92 Å². The maximum absolute atomic E-state index is 6.09. The summed E-state index contributed by atoms with van der Waals surface area (Å²) >= 11 is 6.09. The van der Waals surface area contributed by atoms with Crippen LogP contribution in [0.5, 0.6) is 0 Å². The predicted molar refractivity (Wildman–Crippen MR) is 80.1 cm³/mol. The lowest BCUT2D eigenvalue weighted by Gasteiger charge is -2.34. The predicted octanol–water partition coefficient (Wildman–Crippen LogP) is 3.02. The van der Waals surface area contributed by atoms with Gasteiger partial charge in [-0.15, -0.1) is 0 Å². The minimum Gasteiger partial charge on any atom is -0.377 e. The second kappa shape index (κ2) is 5.77. The summed E-state index contributed by atoms with van der Waals surface area (Å²) in [4.78, 5) is 10.9. The normalized spacial score (nSPS) is 19.1. The minimum absolute atomic E-state index is 0.278. The Balaban J connectivity index is 1.98. The van der Waals surface area contributed by atoms with Crippen LogP contribution >= 0.6 is 11.6 Å². The van der Waals surface area contributed by atoms with Crippen LogP contribution in [-0.4, -0.2) is 35.8 Å². The van der Waals surface area contributed by atoms with Gasteiger partial charge in [0.25, 0.3) is 0 Å². The summed E-state index contributed by atoms with van der Waals surface area (Å²) in [7, 11) is 0. The maximum atomic E-state index is 6.09. The van der Waals surface area contributed by atoms with Gasteiger partial charge in [-0.2, -0.15) is 0 Å². The third-order valence-corrected chi connectivity index (χ3v) is 3.59. The molecule has 1 saturated heterocycles. The van der Waals surface area contributed by atoms with Crippen molar-refractivity contribution in [3.05, 3.63) is 41.7 Å². The lowest BCUT2D eigenvalue weighted by molar-refractivity contribution is 0.0985. The summed E-state index contributed by atoms with van der Waals surface area (Å²) in [6.45, 7) is 4.37. The van der Waals surface area contributed by atoms with Crippen molar-refractivity contribution in [1.82, 2.24) is 9.97 Å². The van der Waals surface area contributed by atoms with Crippen LogP contribution in [-0.2, 0) is 4.74 Å². The van der Waals surface area contributed by atoms with Gasteiger partial charge in [0.15, 0.2) is 0 Å². The van der Waals surface area contributed by atoms with E-state index in [1.165, 1.54) is 0 Å². The number of aromatic nitrogens is 2. The Bertz CT molecular complexity index is 591. The van der Waals surface area contributed by atoms with Gasteiger partial charge in [0.1, 0.15) is 5.82 Å². The standard InChI is InChI=1S/C15H16ClN3O/c1-11-10-20-8-7-19(11)14-9-13(17-15(16)18-14)12-5-3-2-4-6-12/h2-6,9,11H,7-8,10H2,1H3/t11-/m1/s1. The lowest BCUT2D eigenvalue weighted by Crippen LogP contribution is -2.44. The van der Waals surface area contributed by atoms with Gasteiger partial charge in [0.2, 0.25) is 5.28 Å². The van der Waals surface area contributed by atoms with E-state index >= 15 is 0 Å². The number of anilines is 1. The fourth-order valence-electron chi connectivity index (χ4n) is 2.38. The van der Waals surface area contributed by atoms with Crippen molar-refractivity contribution < 1.29 is 4.74 Å². The average molecular weight is 290 g/mol. The highest BCUT2D eigenvalue weighted by molar-refractivity contribution is 6.28. The summed E-state index contributed by atoms with van der Waals surface area (Å²) in [6, 6.07) is 12.3. The first-order valence-corrected chi connectivity index (χ1v) is 7.06. The number of rotatable bonds is 2. The van der Waals surface area contributed by atoms with Crippen molar-refractivity contribution >= 4 is 17.4 Å². The Morgan fingerprint density at radius 2 is 2.05 bits per heavy atom. The number of hydrogen-bond donors (Lipinski definition) is 0. The van der Waals surface area contributed by atoms with Gasteiger partial charge < -0.3 is 9.64 Å². The van der Waals surface area contributed by atoms with E-state index in [9.17, 15) is 0 Å². The molecular formula is C15H16ClN3O. The molecule has 0 amide bonds. The van der Waals surface area contributed by atoms with Gasteiger partial charge in [-0.3, -0.25) is 0 Å². The number of nitrogens with zero attached hydrogens (tertiary/aromatic N) is 3. The van der Waals surface area contributed by atoms with Gasteiger partial charge in [0, 0.05) is 18.2 Å². The zero-order valence-electron chi connectivity index (χ0n) is 11.3. The Morgan fingerprint density at radius 1 is 1.25 bits per heavy atom. The van der Waals surface area contributed by atoms with Crippen LogP contribution in [0.25, 0.3) is 11.3 Å². The van der Waals surface area contributed by atoms with E-state index in [-0.39, 0.29) is 5.28 Å². The zero-order valence-corrected chi connectivity index (χ0v) is 12.0. The molecule has 3 rings (SSSR count). The van der Waals surface area contributed by atoms with Crippen molar-refractivity contribution in [3.8, 4) is 11.3 Å². The molecule has 20 heavy (non-hydrogen) atoms. The highest BCUT2D eigenvalue weighted by atomic mass is 35.5. The monoisotopic (exact) mass is 289 g/mol. The van der Waals surface area contributed by atoms with Gasteiger partial charge in [-0.05, 0) is 18.5 Å². The van der Waals surface area contributed by atoms with Crippen molar-refractivity contribution in [2.75, 3.05) is 24.7 Å². The largest absolute Gasteiger partial charge is 0.377 e. The molecular weight excluding hydrogens is 274 g/mol. The van der Waals surface area contributed by atoms with Crippen LogP contribution in [0.4, 0.5) is 5.82 Å². The Labute approximate surface area is 123 Å². The molecule has 0 N–H and O–H groups in total. The molecule has 1 aliphatic rings. The van der Waals surface area contributed by atoms with Crippen LogP contribution in [0.3, 0.4) is 0 Å². The summed E-state index contributed by atoms with van der Waals surface area (Å²) in [6.07, 6.45) is 0. The SMILES string of the molecule is C[C@@H]1COCCN1c1cc(-c2ccccc2)nc(Cl)n1. The smallest absolute Gasteiger partial charge is 0.224 e. The van der Waals surface area contributed by atoms with E-state index in [0.29, 0.717) is 19.3 Å². The molecule has 0 bridgehead atoms. The minimum atomic E-state index is 0.278. The molecule has 2 heterocycles. The quantitative estimate of drug-likeness (QED) is 0.797. The molecule has 0 aliphatic carbocycles. The molecule has 0 radical (unpaired) electrons. The fourth-order valence-corrected chi connectivity index (χ4v) is 2.55. The van der Waals surface area contributed by atoms with Crippen molar-refractivity contribution in [3.63, 3.8) is 0 Å². The van der Waals surface area contributed by atoms with Gasteiger partial charge >= 0.3 is 0 Å². The molecule has 104 valence electrons. The first kappa shape index (κ1) is 13.3. The second-order valence-electron chi connectivity index (χ2n) is 4.86. The van der Waals surface area contributed by atoms with Crippen LogP contribution < -0.4 is 4.90 Å². The van der Waals surface area contributed by atoms with E-state index < -0.39 is 0 Å². The highest BCUT2D eigenvalue weighted by Crippen LogP contribution is 2.25. The molecule has 1 atom stereocenters. The highest BCUT2D eigenvalue weighted by Gasteiger charge is 2.21. The number of morpholine rings is 1. The van der Waals surface area contributed by atoms with Crippen molar-refractivity contribution in [2.45, 2.75) is 13.0 Å². The summed E-state index contributed by atoms with van der Waals surface area (Å²) < 4.78 is 5.46. The Hall–Kier alpha value is -1.65. The molecule has 1 aromatic carbocycles. The fraction of sp³-hybridized carbons (Fsp3) is 0.333. The number of ether oxygens (including phenoxy) is 1. The zero-order chi connectivity index (χ0) is 13.9. The summed E-state index contributed by atoms with van der Waals surface area (Å²) in [5, 5.41) is 0.278. The third kappa shape index (κ3) is 2.76. The molecule has 0 saturated carbocycles. The number of benzene rings is 1. The summed E-state index contributed by atoms with van der Waals surface area (Å²) in [5.41, 5.74) is 1.89. The second-order valence-corrected chi connectivity index (χ2v) is 5.20. The molecule has 2 aromatic rings. The molecule has 0 spiro atoms. The van der Waals surface area contributed by atoms with E-state index in [4.69, 9.17) is 16.3 Å². The topological polar surface area (TPSA) is 38.2 Å². The average Bonchev–Trinajstić information content (AvgIpc) is 2.48. The van der Waals surface area contributed by atoms with E-state index in [1.807, 2.05) is 36.4 Å². The molecule has 5 heteroatoms. The van der Waals surface area contributed by atoms with Gasteiger partial charge in [0.05, 0.1) is 24.9 Å². The third-order valence-electron chi connectivity index (χ3n) is 3.42. The molecule has 0 unspecified atom stereocenters. The van der Waals surface area contributed by atoms with E-state index in [0.717, 1.165) is 23.6 Å². The van der Waals surface area contributed by atoms with Crippen LogP contribution in [0.15, 0.2) is 36.4 Å². The van der Waals surface area contributed by atoms with Gasteiger partial charge in [-0.25, -0.2) is 9.97 Å². The number of halogens is 1. The Morgan fingerprint density at radius 3 is 2.80 bits per heavy atom. The molecule has 1 aliphatic heterocycles. The van der Waals surface area contributed by atoms with E-state index in [1.54, 1.807) is 0 Å². The summed E-state index contributed by atoms with van der Waals surface area (Å²) in [5.74, 6) is 0.861. The molecule has 1 aromatic heterocycles. The van der Waals surface area contributed by atoms with Crippen molar-refractivity contribution in [2.24, 2.45) is 0 Å². The lowest BCUT2D eigenvalue weighted by atomic mass is 10.1. The Kier molecular flexibility index (Phi) is 3.85. The van der Waals surface area contributed by atoms with Crippen LogP contribution in [0.2, 0.25) is 5.28 Å². The number of hydrogen-bond acceptors (Lipinski definition) is 4. The molecule has 4 nitrogen and oxygen atoms in total. The van der Waals surface area contributed by atoms with E-state index in [2.05, 4.69) is 21.8 Å².